The standard InChI is InChI=1S/C9H15N3O/c1-7-5-13-9(2,6-10-7)8-3-11-12-4-8/h3-4,7,10H,5-6H2,1-2H3,(H,11,12). The smallest absolute Gasteiger partial charge is 0.106 e. The Morgan fingerprint density at radius 1 is 1.69 bits per heavy atom. The van der Waals surface area contributed by atoms with Gasteiger partial charge in [0.05, 0.1) is 12.8 Å². The summed E-state index contributed by atoms with van der Waals surface area (Å²) >= 11 is 0. The molecule has 2 unspecified atom stereocenters. The first kappa shape index (κ1) is 8.72. The van der Waals surface area contributed by atoms with Crippen LogP contribution in [0.2, 0.25) is 0 Å². The summed E-state index contributed by atoms with van der Waals surface area (Å²) in [6.07, 6.45) is 3.70. The Labute approximate surface area is 77.7 Å². The highest BCUT2D eigenvalue weighted by Crippen LogP contribution is 2.26. The highest BCUT2D eigenvalue weighted by atomic mass is 16.5. The molecule has 0 radical (unpaired) electrons. The van der Waals surface area contributed by atoms with Crippen LogP contribution in [0.3, 0.4) is 0 Å². The molecule has 4 nitrogen and oxygen atoms in total. The van der Waals surface area contributed by atoms with E-state index >= 15 is 0 Å². The molecule has 0 saturated carbocycles. The lowest BCUT2D eigenvalue weighted by Crippen LogP contribution is -2.49. The van der Waals surface area contributed by atoms with E-state index in [-0.39, 0.29) is 5.60 Å². The SMILES string of the molecule is CC1COC(C)(c2cn[nH]c2)CN1. The van der Waals surface area contributed by atoms with E-state index in [1.54, 1.807) is 0 Å². The van der Waals surface area contributed by atoms with Crippen molar-refractivity contribution in [3.8, 4) is 0 Å². The second kappa shape index (κ2) is 3.12. The number of rotatable bonds is 1. The van der Waals surface area contributed by atoms with Crippen LogP contribution in [0.4, 0.5) is 0 Å². The Morgan fingerprint density at radius 3 is 3.08 bits per heavy atom. The number of hydrogen-bond donors (Lipinski definition) is 2. The predicted molar refractivity (Wildman–Crippen MR) is 49.4 cm³/mol. The van der Waals surface area contributed by atoms with E-state index in [0.717, 1.165) is 18.7 Å². The topological polar surface area (TPSA) is 49.9 Å². The van der Waals surface area contributed by atoms with Gasteiger partial charge in [-0.15, -0.1) is 0 Å². The molecule has 13 heavy (non-hydrogen) atoms. The molecule has 0 amide bonds. The molecule has 2 N–H and O–H groups in total. The summed E-state index contributed by atoms with van der Waals surface area (Å²) in [6.45, 7) is 5.79. The quantitative estimate of drug-likeness (QED) is 0.668. The Hall–Kier alpha value is -0.870. The van der Waals surface area contributed by atoms with Crippen molar-refractivity contribution in [1.29, 1.82) is 0 Å². The van der Waals surface area contributed by atoms with Crippen molar-refractivity contribution in [3.63, 3.8) is 0 Å². The number of ether oxygens (including phenoxy) is 1. The zero-order chi connectivity index (χ0) is 9.31. The van der Waals surface area contributed by atoms with Crippen LogP contribution in [0.25, 0.3) is 0 Å². The molecule has 2 atom stereocenters. The molecule has 2 rings (SSSR count). The lowest BCUT2D eigenvalue weighted by atomic mass is 9.97. The second-order valence-corrected chi connectivity index (χ2v) is 3.81. The van der Waals surface area contributed by atoms with Gasteiger partial charge in [-0.25, -0.2) is 0 Å². The molecule has 0 aromatic carbocycles. The second-order valence-electron chi connectivity index (χ2n) is 3.81. The largest absolute Gasteiger partial charge is 0.368 e. The van der Waals surface area contributed by atoms with E-state index in [1.807, 2.05) is 12.4 Å². The van der Waals surface area contributed by atoms with Crippen LogP contribution < -0.4 is 5.32 Å². The molecule has 1 fully saturated rings. The molecule has 1 saturated heterocycles. The number of aromatic nitrogens is 2. The monoisotopic (exact) mass is 181 g/mol. The molecule has 1 aromatic heterocycles. The lowest BCUT2D eigenvalue weighted by molar-refractivity contribution is -0.0728. The van der Waals surface area contributed by atoms with Gasteiger partial charge in [0.2, 0.25) is 0 Å². The highest BCUT2D eigenvalue weighted by molar-refractivity contribution is 5.15. The van der Waals surface area contributed by atoms with Crippen LogP contribution in [0, 0.1) is 0 Å². The van der Waals surface area contributed by atoms with Crippen molar-refractivity contribution in [2.45, 2.75) is 25.5 Å². The number of hydrogen-bond acceptors (Lipinski definition) is 3. The molecular weight excluding hydrogens is 166 g/mol. The maximum atomic E-state index is 5.80. The van der Waals surface area contributed by atoms with Gasteiger partial charge >= 0.3 is 0 Å². The summed E-state index contributed by atoms with van der Waals surface area (Å²) in [5.74, 6) is 0. The van der Waals surface area contributed by atoms with Crippen LogP contribution in [0.5, 0.6) is 0 Å². The Balaban J connectivity index is 2.13. The fourth-order valence-electron chi connectivity index (χ4n) is 1.51. The van der Waals surface area contributed by atoms with Crippen molar-refractivity contribution in [1.82, 2.24) is 15.5 Å². The van der Waals surface area contributed by atoms with E-state index < -0.39 is 0 Å². The van der Waals surface area contributed by atoms with Crippen LogP contribution in [0.1, 0.15) is 19.4 Å². The van der Waals surface area contributed by atoms with Crippen LogP contribution in [-0.4, -0.2) is 29.4 Å². The molecule has 2 heterocycles. The fourth-order valence-corrected chi connectivity index (χ4v) is 1.51. The molecule has 1 aliphatic rings. The minimum atomic E-state index is -0.223. The zero-order valence-corrected chi connectivity index (χ0v) is 8.00. The van der Waals surface area contributed by atoms with E-state index in [1.165, 1.54) is 0 Å². The number of morpholine rings is 1. The van der Waals surface area contributed by atoms with Crippen molar-refractivity contribution in [3.05, 3.63) is 18.0 Å². The first-order chi connectivity index (χ1) is 6.21. The molecule has 0 bridgehead atoms. The van der Waals surface area contributed by atoms with Gasteiger partial charge in [-0.05, 0) is 13.8 Å². The van der Waals surface area contributed by atoms with Gasteiger partial charge in [-0.1, -0.05) is 0 Å². The zero-order valence-electron chi connectivity index (χ0n) is 8.00. The van der Waals surface area contributed by atoms with Gasteiger partial charge < -0.3 is 10.1 Å². The first-order valence-electron chi connectivity index (χ1n) is 4.57. The van der Waals surface area contributed by atoms with E-state index in [4.69, 9.17) is 4.74 Å². The van der Waals surface area contributed by atoms with Gasteiger partial charge in [0.15, 0.2) is 0 Å². The average molecular weight is 181 g/mol. The first-order valence-corrected chi connectivity index (χ1v) is 4.57. The van der Waals surface area contributed by atoms with Crippen LogP contribution in [-0.2, 0) is 10.3 Å². The summed E-state index contributed by atoms with van der Waals surface area (Å²) < 4.78 is 5.80. The molecule has 1 aromatic rings. The maximum absolute atomic E-state index is 5.80. The molecular formula is C9H15N3O. The third-order valence-corrected chi connectivity index (χ3v) is 2.55. The predicted octanol–water partition coefficient (Wildman–Crippen LogP) is 0.633. The summed E-state index contributed by atoms with van der Waals surface area (Å²) in [7, 11) is 0. The van der Waals surface area contributed by atoms with Gasteiger partial charge in [0.25, 0.3) is 0 Å². The van der Waals surface area contributed by atoms with Crippen molar-refractivity contribution < 1.29 is 4.74 Å². The van der Waals surface area contributed by atoms with E-state index in [9.17, 15) is 0 Å². The number of aromatic amines is 1. The van der Waals surface area contributed by atoms with Crippen molar-refractivity contribution in [2.24, 2.45) is 0 Å². The maximum Gasteiger partial charge on any atom is 0.106 e. The Morgan fingerprint density at radius 2 is 2.54 bits per heavy atom. The van der Waals surface area contributed by atoms with Gasteiger partial charge in [-0.2, -0.15) is 5.10 Å². The van der Waals surface area contributed by atoms with Gasteiger partial charge in [0, 0.05) is 24.3 Å². The third-order valence-electron chi connectivity index (χ3n) is 2.55. The minimum Gasteiger partial charge on any atom is -0.368 e. The molecule has 4 heteroatoms. The van der Waals surface area contributed by atoms with Crippen molar-refractivity contribution >= 4 is 0 Å². The Bertz CT molecular complexity index is 262. The molecule has 0 spiro atoms. The lowest BCUT2D eigenvalue weighted by Gasteiger charge is -2.36. The molecule has 0 aliphatic carbocycles. The van der Waals surface area contributed by atoms with Gasteiger partial charge in [-0.3, -0.25) is 5.10 Å². The van der Waals surface area contributed by atoms with Crippen LogP contribution in [0.15, 0.2) is 12.4 Å². The van der Waals surface area contributed by atoms with Crippen molar-refractivity contribution in [2.75, 3.05) is 13.2 Å². The van der Waals surface area contributed by atoms with E-state index in [0.29, 0.717) is 6.04 Å². The average Bonchev–Trinajstić information content (AvgIpc) is 2.63. The molecule has 72 valence electrons. The number of H-pyrrole nitrogens is 1. The van der Waals surface area contributed by atoms with E-state index in [2.05, 4.69) is 29.4 Å². The summed E-state index contributed by atoms with van der Waals surface area (Å²) in [6, 6.07) is 0.444. The minimum absolute atomic E-state index is 0.223. The van der Waals surface area contributed by atoms with Gasteiger partial charge in [0.1, 0.15) is 5.60 Å². The molecule has 1 aliphatic heterocycles. The Kier molecular flexibility index (Phi) is 2.09. The fraction of sp³-hybridized carbons (Fsp3) is 0.667. The normalized spacial score (nSPS) is 34.8. The highest BCUT2D eigenvalue weighted by Gasteiger charge is 2.32. The number of nitrogens with zero attached hydrogens (tertiary/aromatic N) is 1. The summed E-state index contributed by atoms with van der Waals surface area (Å²) in [4.78, 5) is 0. The summed E-state index contributed by atoms with van der Waals surface area (Å²) in [5.41, 5.74) is 0.881. The third kappa shape index (κ3) is 1.59. The number of nitrogens with one attached hydrogen (secondary N) is 2. The summed E-state index contributed by atoms with van der Waals surface area (Å²) in [5, 5.41) is 10.1. The van der Waals surface area contributed by atoms with Crippen LogP contribution >= 0.6 is 0 Å².